The Bertz CT molecular complexity index is 578. The molecular formula is C16H21N3OS. The normalized spacial score (nSPS) is 10.8. The lowest BCUT2D eigenvalue weighted by Gasteiger charge is -2.07. The predicted octanol–water partition coefficient (Wildman–Crippen LogP) is 3.30. The quantitative estimate of drug-likeness (QED) is 0.462. The zero-order valence-electron chi connectivity index (χ0n) is 12.3. The molecule has 0 saturated carbocycles. The molecule has 0 bridgehead atoms. The molecule has 1 N–H and O–H groups in total. The highest BCUT2D eigenvalue weighted by Gasteiger charge is 2.13. The fourth-order valence-corrected chi connectivity index (χ4v) is 2.93. The SMILES string of the molecule is C=CCn1c(SCCCCO)nnc1-c1ccc(C)cc1. The van der Waals surface area contributed by atoms with E-state index in [1.165, 1.54) is 5.56 Å². The topological polar surface area (TPSA) is 50.9 Å². The summed E-state index contributed by atoms with van der Waals surface area (Å²) in [4.78, 5) is 0. The van der Waals surface area contributed by atoms with Crippen LogP contribution in [0.2, 0.25) is 0 Å². The maximum absolute atomic E-state index is 8.82. The molecule has 1 heterocycles. The van der Waals surface area contributed by atoms with E-state index in [1.807, 2.05) is 6.08 Å². The first-order valence-corrected chi connectivity index (χ1v) is 8.09. The van der Waals surface area contributed by atoms with Gasteiger partial charge < -0.3 is 5.11 Å². The molecule has 0 radical (unpaired) electrons. The summed E-state index contributed by atoms with van der Waals surface area (Å²) in [5.41, 5.74) is 2.30. The second-order valence-electron chi connectivity index (χ2n) is 4.85. The molecule has 0 saturated heterocycles. The third-order valence-corrected chi connectivity index (χ3v) is 4.17. The van der Waals surface area contributed by atoms with E-state index in [9.17, 15) is 0 Å². The van der Waals surface area contributed by atoms with E-state index in [-0.39, 0.29) is 6.61 Å². The summed E-state index contributed by atoms with van der Waals surface area (Å²) in [7, 11) is 0. The maximum atomic E-state index is 8.82. The molecule has 1 aromatic carbocycles. The number of aliphatic hydroxyl groups is 1. The van der Waals surface area contributed by atoms with Crippen molar-refractivity contribution >= 4 is 11.8 Å². The minimum atomic E-state index is 0.245. The zero-order chi connectivity index (χ0) is 15.1. The van der Waals surface area contributed by atoms with Crippen LogP contribution in [0.5, 0.6) is 0 Å². The molecule has 5 heteroatoms. The first-order chi connectivity index (χ1) is 10.3. The van der Waals surface area contributed by atoms with Gasteiger partial charge in [0.15, 0.2) is 11.0 Å². The first-order valence-electron chi connectivity index (χ1n) is 7.11. The van der Waals surface area contributed by atoms with Crippen LogP contribution in [0.4, 0.5) is 0 Å². The van der Waals surface area contributed by atoms with E-state index >= 15 is 0 Å². The molecule has 0 atom stereocenters. The Morgan fingerprint density at radius 2 is 2.00 bits per heavy atom. The zero-order valence-corrected chi connectivity index (χ0v) is 13.1. The van der Waals surface area contributed by atoms with E-state index in [0.29, 0.717) is 6.54 Å². The van der Waals surface area contributed by atoms with E-state index in [4.69, 9.17) is 5.11 Å². The van der Waals surface area contributed by atoms with Gasteiger partial charge in [0.2, 0.25) is 0 Å². The molecule has 0 fully saturated rings. The van der Waals surface area contributed by atoms with Crippen LogP contribution in [0.25, 0.3) is 11.4 Å². The Morgan fingerprint density at radius 1 is 1.24 bits per heavy atom. The van der Waals surface area contributed by atoms with Crippen LogP contribution < -0.4 is 0 Å². The monoisotopic (exact) mass is 303 g/mol. The van der Waals surface area contributed by atoms with E-state index in [1.54, 1.807) is 11.8 Å². The Balaban J connectivity index is 2.19. The molecule has 2 rings (SSSR count). The van der Waals surface area contributed by atoms with Gasteiger partial charge in [-0.15, -0.1) is 16.8 Å². The summed E-state index contributed by atoms with van der Waals surface area (Å²) in [5.74, 6) is 1.81. The number of aromatic nitrogens is 3. The number of rotatable bonds is 8. The van der Waals surface area contributed by atoms with Gasteiger partial charge in [-0.05, 0) is 19.8 Å². The van der Waals surface area contributed by atoms with Gasteiger partial charge in [0.05, 0.1) is 0 Å². The van der Waals surface area contributed by atoms with Crippen molar-refractivity contribution < 1.29 is 5.11 Å². The number of hydrogen-bond acceptors (Lipinski definition) is 4. The van der Waals surface area contributed by atoms with Gasteiger partial charge in [0.1, 0.15) is 0 Å². The first kappa shape index (κ1) is 15.8. The molecule has 0 spiro atoms. The van der Waals surface area contributed by atoms with Crippen LogP contribution in [0.3, 0.4) is 0 Å². The van der Waals surface area contributed by atoms with Crippen LogP contribution >= 0.6 is 11.8 Å². The van der Waals surface area contributed by atoms with Crippen LogP contribution in [-0.4, -0.2) is 32.2 Å². The fraction of sp³-hybridized carbons (Fsp3) is 0.375. The molecule has 21 heavy (non-hydrogen) atoms. The molecule has 0 aliphatic heterocycles. The van der Waals surface area contributed by atoms with Gasteiger partial charge in [-0.1, -0.05) is 47.7 Å². The lowest BCUT2D eigenvalue weighted by molar-refractivity contribution is 0.287. The fourth-order valence-electron chi connectivity index (χ4n) is 1.98. The minimum Gasteiger partial charge on any atom is -0.396 e. The standard InChI is InChI=1S/C16H21N3OS/c1-3-10-19-15(14-8-6-13(2)7-9-14)17-18-16(19)21-12-5-4-11-20/h3,6-9,20H,1,4-5,10-12H2,2H3. The number of aliphatic hydroxyl groups excluding tert-OH is 1. The van der Waals surface area contributed by atoms with Crippen molar-refractivity contribution in [2.24, 2.45) is 0 Å². The van der Waals surface area contributed by atoms with E-state index < -0.39 is 0 Å². The summed E-state index contributed by atoms with van der Waals surface area (Å²) in [6.07, 6.45) is 3.66. The predicted molar refractivity (Wildman–Crippen MR) is 87.4 cm³/mol. The summed E-state index contributed by atoms with van der Waals surface area (Å²) < 4.78 is 2.08. The molecule has 112 valence electrons. The highest BCUT2D eigenvalue weighted by molar-refractivity contribution is 7.99. The van der Waals surface area contributed by atoms with Gasteiger partial charge in [-0.25, -0.2) is 0 Å². The van der Waals surface area contributed by atoms with Crippen LogP contribution in [-0.2, 0) is 6.54 Å². The van der Waals surface area contributed by atoms with Gasteiger partial charge >= 0.3 is 0 Å². The van der Waals surface area contributed by atoms with E-state index in [0.717, 1.165) is 35.1 Å². The number of nitrogens with zero attached hydrogens (tertiary/aromatic N) is 3. The van der Waals surface area contributed by atoms with Gasteiger partial charge in [0, 0.05) is 24.5 Å². The molecule has 4 nitrogen and oxygen atoms in total. The highest BCUT2D eigenvalue weighted by atomic mass is 32.2. The number of hydrogen-bond donors (Lipinski definition) is 1. The smallest absolute Gasteiger partial charge is 0.191 e. The van der Waals surface area contributed by atoms with Crippen LogP contribution in [0, 0.1) is 6.92 Å². The minimum absolute atomic E-state index is 0.245. The third kappa shape index (κ3) is 4.19. The van der Waals surface area contributed by atoms with Crippen LogP contribution in [0.1, 0.15) is 18.4 Å². The highest BCUT2D eigenvalue weighted by Crippen LogP contribution is 2.25. The Morgan fingerprint density at radius 3 is 2.67 bits per heavy atom. The van der Waals surface area contributed by atoms with Crippen molar-refractivity contribution in [1.29, 1.82) is 0 Å². The number of benzene rings is 1. The second-order valence-corrected chi connectivity index (χ2v) is 5.91. The van der Waals surface area contributed by atoms with E-state index in [2.05, 4.69) is 52.5 Å². The van der Waals surface area contributed by atoms with Crippen molar-refractivity contribution in [3.63, 3.8) is 0 Å². The average Bonchev–Trinajstić information content (AvgIpc) is 2.88. The molecule has 0 unspecified atom stereocenters. The number of thioether (sulfide) groups is 1. The average molecular weight is 303 g/mol. The molecule has 0 amide bonds. The summed E-state index contributed by atoms with van der Waals surface area (Å²) >= 11 is 1.68. The van der Waals surface area contributed by atoms with Gasteiger partial charge in [0.25, 0.3) is 0 Å². The van der Waals surface area contributed by atoms with Gasteiger partial charge in [-0.3, -0.25) is 4.57 Å². The molecule has 0 aliphatic rings. The molecule has 0 aliphatic carbocycles. The summed E-state index contributed by atoms with van der Waals surface area (Å²) in [6, 6.07) is 8.30. The summed E-state index contributed by atoms with van der Waals surface area (Å²) in [6.45, 7) is 6.82. The van der Waals surface area contributed by atoms with Crippen molar-refractivity contribution in [2.45, 2.75) is 31.5 Å². The molecule has 1 aromatic heterocycles. The van der Waals surface area contributed by atoms with Crippen molar-refractivity contribution in [3.05, 3.63) is 42.5 Å². The number of allylic oxidation sites excluding steroid dienone is 1. The lowest BCUT2D eigenvalue weighted by Crippen LogP contribution is -2.01. The molecule has 2 aromatic rings. The summed E-state index contributed by atoms with van der Waals surface area (Å²) in [5, 5.41) is 18.4. The largest absolute Gasteiger partial charge is 0.396 e. The van der Waals surface area contributed by atoms with Gasteiger partial charge in [-0.2, -0.15) is 0 Å². The Kier molecular flexibility index (Phi) is 6.02. The lowest BCUT2D eigenvalue weighted by atomic mass is 10.1. The number of aryl methyl sites for hydroxylation is 1. The molecular weight excluding hydrogens is 282 g/mol. The maximum Gasteiger partial charge on any atom is 0.191 e. The second kappa shape index (κ2) is 8.00. The van der Waals surface area contributed by atoms with Crippen LogP contribution in [0.15, 0.2) is 42.1 Å². The van der Waals surface area contributed by atoms with Crippen molar-refractivity contribution in [3.8, 4) is 11.4 Å². The van der Waals surface area contributed by atoms with Crippen molar-refractivity contribution in [1.82, 2.24) is 14.8 Å². The Hall–Kier alpha value is -1.59. The Labute approximate surface area is 129 Å². The van der Waals surface area contributed by atoms with Crippen molar-refractivity contribution in [2.75, 3.05) is 12.4 Å². The number of unbranched alkanes of at least 4 members (excludes halogenated alkanes) is 1. The third-order valence-electron chi connectivity index (χ3n) is 3.12.